The third-order valence-electron chi connectivity index (χ3n) is 10.8. The number of nitrogens with zero attached hydrogens (tertiary/aromatic N) is 6. The van der Waals surface area contributed by atoms with E-state index in [4.69, 9.17) is 26.5 Å². The number of azo groups is 1. The molecule has 3 heterocycles. The Balaban J connectivity index is 1.18. The number of carbonyl (C=O) groups is 3. The zero-order chi connectivity index (χ0) is 46.7. The van der Waals surface area contributed by atoms with Crippen LogP contribution < -0.4 is 20.3 Å². The minimum absolute atomic E-state index is 0.0372. The molecule has 3 unspecified atom stereocenters. The molecule has 0 aliphatic carbocycles. The minimum Gasteiger partial charge on any atom is -0.494 e. The van der Waals surface area contributed by atoms with Crippen LogP contribution in [0, 0.1) is 22.6 Å². The topological polar surface area (TPSA) is 191 Å². The second-order valence-corrected chi connectivity index (χ2v) is 17.9. The molecule has 3 aliphatic heterocycles. The van der Waals surface area contributed by atoms with Crippen LogP contribution in [0.4, 0.5) is 22.7 Å². The molecule has 0 radical (unpaired) electrons. The summed E-state index contributed by atoms with van der Waals surface area (Å²) >= 11 is 0. The second-order valence-electron chi connectivity index (χ2n) is 16.5. The van der Waals surface area contributed by atoms with Gasteiger partial charge >= 0.3 is 0 Å². The summed E-state index contributed by atoms with van der Waals surface area (Å²) in [5.41, 5.74) is 3.70. The number of rotatable bonds is 20. The van der Waals surface area contributed by atoms with Crippen LogP contribution in [-0.4, -0.2) is 96.6 Å². The van der Waals surface area contributed by atoms with E-state index in [2.05, 4.69) is 55.2 Å². The van der Waals surface area contributed by atoms with Gasteiger partial charge in [-0.15, -0.1) is 5.11 Å². The Morgan fingerprint density at radius 3 is 2.60 bits per heavy atom. The fraction of sp³-hybridized carbons (Fsp3) is 0.511. The number of amides is 3. The lowest BCUT2D eigenvalue weighted by atomic mass is 9.88. The summed E-state index contributed by atoms with van der Waals surface area (Å²) < 4.78 is 34.8. The van der Waals surface area contributed by atoms with E-state index < -0.39 is 49.5 Å². The van der Waals surface area contributed by atoms with E-state index in [-0.39, 0.29) is 67.8 Å². The van der Waals surface area contributed by atoms with Crippen molar-refractivity contribution in [3.63, 3.8) is 0 Å². The monoisotopic (exact) mass is 887 g/mol. The van der Waals surface area contributed by atoms with Crippen LogP contribution in [-0.2, 0) is 28.2 Å². The van der Waals surface area contributed by atoms with Crippen molar-refractivity contribution in [3.05, 3.63) is 93.4 Å². The molecule has 2 aromatic carbocycles. The first-order valence-electron chi connectivity index (χ1n) is 21.7. The minimum atomic E-state index is -1.59. The van der Waals surface area contributed by atoms with E-state index in [9.17, 15) is 24.5 Å². The molecule has 17 nitrogen and oxygen atoms in total. The van der Waals surface area contributed by atoms with Crippen LogP contribution in [0.1, 0.15) is 81.6 Å². The lowest BCUT2D eigenvalue weighted by Crippen LogP contribution is -2.45. The molecular formula is C45H59N8O9P. The molecular weight excluding hydrogens is 828 g/mol. The van der Waals surface area contributed by atoms with Gasteiger partial charge < -0.3 is 33.6 Å². The molecule has 0 spiro atoms. The lowest BCUT2D eigenvalue weighted by molar-refractivity contribution is -0.384. The van der Waals surface area contributed by atoms with Gasteiger partial charge in [0, 0.05) is 74.4 Å². The number of nitro groups is 1. The summed E-state index contributed by atoms with van der Waals surface area (Å²) in [4.78, 5) is 55.2. The summed E-state index contributed by atoms with van der Waals surface area (Å²) in [6, 6.07) is 9.78. The number of anilines is 1. The Morgan fingerprint density at radius 2 is 1.95 bits per heavy atom. The number of nitrogens with one attached hydrogen (secondary N) is 2. The van der Waals surface area contributed by atoms with Crippen molar-refractivity contribution in [3.8, 4) is 5.75 Å². The van der Waals surface area contributed by atoms with Gasteiger partial charge in [-0.1, -0.05) is 24.3 Å². The van der Waals surface area contributed by atoms with Crippen LogP contribution in [0.5, 0.6) is 5.75 Å². The highest BCUT2D eigenvalue weighted by Crippen LogP contribution is 2.50. The number of nitro benzene ring substituents is 1. The van der Waals surface area contributed by atoms with Crippen LogP contribution in [0.25, 0.3) is 10.4 Å². The molecule has 5 rings (SSSR count). The zero-order valence-corrected chi connectivity index (χ0v) is 38.1. The third-order valence-corrected chi connectivity index (χ3v) is 12.9. The molecule has 1 saturated heterocycles. The van der Waals surface area contributed by atoms with Gasteiger partial charge in [-0.2, -0.15) is 5.11 Å². The predicted octanol–water partition coefficient (Wildman–Crippen LogP) is 8.52. The average Bonchev–Trinajstić information content (AvgIpc) is 3.65. The van der Waals surface area contributed by atoms with Crippen molar-refractivity contribution < 1.29 is 39.2 Å². The highest BCUT2D eigenvalue weighted by molar-refractivity contribution is 7.44. The number of carbonyl (C=O) groups excluding carboxylic acids is 3. The van der Waals surface area contributed by atoms with E-state index in [1.807, 2.05) is 46.8 Å². The van der Waals surface area contributed by atoms with Gasteiger partial charge in [0.2, 0.25) is 18.4 Å². The number of benzene rings is 2. The molecule has 5 atom stereocenters. The third kappa shape index (κ3) is 12.4. The van der Waals surface area contributed by atoms with Crippen molar-refractivity contribution in [1.29, 1.82) is 0 Å². The number of fused-ring (bicyclic) bond motifs is 1. The predicted molar refractivity (Wildman–Crippen MR) is 242 cm³/mol. The van der Waals surface area contributed by atoms with Crippen LogP contribution >= 0.6 is 8.53 Å². The molecule has 2 N–H and O–H groups in total. The van der Waals surface area contributed by atoms with Gasteiger partial charge in [-0.25, -0.2) is 11.2 Å². The molecule has 3 amide bonds. The molecule has 2 aromatic rings. The van der Waals surface area contributed by atoms with Gasteiger partial charge in [0.25, 0.3) is 20.1 Å². The quantitative estimate of drug-likeness (QED) is 0.0247. The fourth-order valence-corrected chi connectivity index (χ4v) is 9.60. The molecule has 1 fully saturated rings. The van der Waals surface area contributed by atoms with E-state index in [0.717, 1.165) is 16.8 Å². The van der Waals surface area contributed by atoms with Crippen molar-refractivity contribution >= 4 is 54.6 Å². The Bertz CT molecular complexity index is 2180. The van der Waals surface area contributed by atoms with Crippen molar-refractivity contribution in [2.75, 3.05) is 38.3 Å². The number of hydrogen-bond donors (Lipinski definition) is 2. The zero-order valence-electron chi connectivity index (χ0n) is 38.2. The van der Waals surface area contributed by atoms with Gasteiger partial charge in [0.15, 0.2) is 0 Å². The van der Waals surface area contributed by atoms with Gasteiger partial charge in [0.1, 0.15) is 18.0 Å². The number of hydrogen-bond acceptors (Lipinski definition) is 13. The summed E-state index contributed by atoms with van der Waals surface area (Å²) in [5.74, 6) is -1.54. The van der Waals surface area contributed by atoms with E-state index in [1.54, 1.807) is 25.3 Å². The summed E-state index contributed by atoms with van der Waals surface area (Å²) in [6.07, 6.45) is 6.24. The van der Waals surface area contributed by atoms with Gasteiger partial charge in [-0.05, 0) is 85.6 Å². The largest absolute Gasteiger partial charge is 0.494 e. The van der Waals surface area contributed by atoms with E-state index in [1.165, 1.54) is 24.3 Å². The first-order chi connectivity index (χ1) is 30.5. The summed E-state index contributed by atoms with van der Waals surface area (Å²) in [5, 5.41) is 25.0. The average molecular weight is 888 g/mol. The lowest BCUT2D eigenvalue weighted by Gasteiger charge is -2.43. The van der Waals surface area contributed by atoms with E-state index in [0.29, 0.717) is 36.5 Å². The summed E-state index contributed by atoms with van der Waals surface area (Å²) in [7, 11) is -0.0403. The van der Waals surface area contributed by atoms with Crippen LogP contribution in [0.3, 0.4) is 0 Å². The van der Waals surface area contributed by atoms with Crippen LogP contribution in [0.15, 0.2) is 76.5 Å². The molecule has 18 heteroatoms. The number of imide groups is 1. The van der Waals surface area contributed by atoms with Gasteiger partial charge in [0.05, 0.1) is 47.5 Å². The smallest absolute Gasteiger partial charge is 0.269 e. The molecule has 63 heavy (non-hydrogen) atoms. The Hall–Kier alpha value is -5.37. The van der Waals surface area contributed by atoms with Crippen molar-refractivity contribution in [2.45, 2.75) is 111 Å². The van der Waals surface area contributed by atoms with Crippen molar-refractivity contribution in [1.82, 2.24) is 15.3 Å². The van der Waals surface area contributed by atoms with Gasteiger partial charge in [-0.3, -0.25) is 29.8 Å². The highest BCUT2D eigenvalue weighted by atomic mass is 31.2. The summed E-state index contributed by atoms with van der Waals surface area (Å²) in [6.45, 7) is 22.6. The fourth-order valence-electron chi connectivity index (χ4n) is 7.86. The Kier molecular flexibility index (Phi) is 16.3. The number of methoxy groups -OCH3 is 1. The number of allylic oxidation sites excluding steroid dienone is 1. The standard InChI is InChI=1S/C45H59N8O9P/c1-28(2)52(29(3)4)63(60-22-20-46-9)62-39-26-40(61-31(39)6)36-23-32(43(55)48-44(36)56)13-11-19-47-42(54)14-12-21-51-38-25-41(59-10)37(24-35(38)30(5)27-45(51,7)8)50-49-33-15-17-34(18-16-33)53(57)58/h11,13,15-18,23-25,27-29,31,36,39-40H,12,14,19-22,26H2,1-8,10H3,(H,47,54)(H,48,55,56)/b13-11+,50-49?/t31-,36?,39?,40-,63?/m1/s1/i6D. The Labute approximate surface area is 372 Å². The number of non-ortho nitro benzene ring substituents is 1. The maximum Gasteiger partial charge on any atom is 0.269 e. The molecule has 338 valence electrons. The highest BCUT2D eigenvalue weighted by Gasteiger charge is 2.44. The van der Waals surface area contributed by atoms with E-state index >= 15 is 0 Å². The maximum atomic E-state index is 13.1. The SMILES string of the molecule is [2H]C[C@H]1O[C@@H](C2C=C(/C=C/CNC(=O)CCCN3c4cc(OC)c(N=Nc5ccc([N+](=O)[O-])cc5)cc4C(C)=CC3(C)C)C(=O)NC2=O)CC1OP(OCC[N+]#[C-])N(C(C)C)C(C)C. The van der Waals surface area contributed by atoms with Crippen LogP contribution in [0.2, 0.25) is 0 Å². The van der Waals surface area contributed by atoms with Crippen molar-refractivity contribution in [2.24, 2.45) is 16.1 Å². The Morgan fingerprint density at radius 1 is 1.22 bits per heavy atom. The maximum absolute atomic E-state index is 13.1. The molecule has 0 aromatic heterocycles. The number of ether oxygens (including phenoxy) is 2. The molecule has 0 saturated carbocycles. The first kappa shape index (κ1) is 47.1. The first-order valence-corrected chi connectivity index (χ1v) is 22.1. The molecule has 3 aliphatic rings. The second kappa shape index (κ2) is 21.8. The normalized spacial score (nSPS) is 21.6. The molecule has 0 bridgehead atoms.